The predicted octanol–water partition coefficient (Wildman–Crippen LogP) is 7.42. The van der Waals surface area contributed by atoms with E-state index in [0.29, 0.717) is 0 Å². The molecule has 4 aromatic carbocycles. The first kappa shape index (κ1) is 24.0. The zero-order chi connectivity index (χ0) is 25.1. The van der Waals surface area contributed by atoms with E-state index in [4.69, 9.17) is 4.98 Å². The van der Waals surface area contributed by atoms with E-state index in [2.05, 4.69) is 146 Å². The molecule has 0 amide bonds. The number of aromatic nitrogens is 2. The summed E-state index contributed by atoms with van der Waals surface area (Å²) in [6.07, 6.45) is 4.21. The smallest absolute Gasteiger partial charge is 0.121 e. The Morgan fingerprint density at radius 2 is 1.41 bits per heavy atom. The van der Waals surface area contributed by atoms with Gasteiger partial charge in [0.05, 0.1) is 18.6 Å². The van der Waals surface area contributed by atoms with Crippen LogP contribution in [0.2, 0.25) is 0 Å². The molecule has 184 valence electrons. The first-order chi connectivity index (χ1) is 18.2. The van der Waals surface area contributed by atoms with Crippen molar-refractivity contribution < 1.29 is 0 Å². The van der Waals surface area contributed by atoms with Crippen LogP contribution in [0.1, 0.15) is 22.4 Å². The van der Waals surface area contributed by atoms with Gasteiger partial charge in [0.15, 0.2) is 0 Å². The Morgan fingerprint density at radius 1 is 0.811 bits per heavy atom. The Hall–Kier alpha value is -3.32. The molecule has 37 heavy (non-hydrogen) atoms. The van der Waals surface area contributed by atoms with Crippen molar-refractivity contribution in [1.29, 1.82) is 0 Å². The lowest BCUT2D eigenvalue weighted by molar-refractivity contribution is 0.477. The van der Waals surface area contributed by atoms with Gasteiger partial charge < -0.3 is 9.88 Å². The Bertz CT molecular complexity index is 1370. The summed E-state index contributed by atoms with van der Waals surface area (Å²) in [6.45, 7) is 2.56. The van der Waals surface area contributed by atoms with Crippen LogP contribution in [0.25, 0.3) is 0 Å². The van der Waals surface area contributed by atoms with Gasteiger partial charge in [-0.2, -0.15) is 0 Å². The maximum absolute atomic E-state index is 4.94. The van der Waals surface area contributed by atoms with Gasteiger partial charge in [0.1, 0.15) is 5.54 Å². The number of hydrogen-bond acceptors (Lipinski definition) is 4. The highest BCUT2D eigenvalue weighted by Gasteiger charge is 2.38. The minimum atomic E-state index is -0.542. The summed E-state index contributed by atoms with van der Waals surface area (Å²) in [4.78, 5) is 6.16. The van der Waals surface area contributed by atoms with Gasteiger partial charge in [0.2, 0.25) is 0 Å². The number of imidazole rings is 1. The molecule has 0 saturated heterocycles. The fraction of sp³-hybridized carbons (Fsp3) is 0.129. The number of nitrogens with zero attached hydrogens (tertiary/aromatic N) is 3. The Kier molecular flexibility index (Phi) is 6.87. The summed E-state index contributed by atoms with van der Waals surface area (Å²) >= 11 is 5.40. The fourth-order valence-corrected chi connectivity index (χ4v) is 6.71. The Morgan fingerprint density at radius 3 is 2.00 bits per heavy atom. The predicted molar refractivity (Wildman–Crippen MR) is 156 cm³/mol. The molecule has 6 heteroatoms. The molecule has 0 aliphatic carbocycles. The van der Waals surface area contributed by atoms with Crippen molar-refractivity contribution in [1.82, 2.24) is 13.9 Å². The summed E-state index contributed by atoms with van der Waals surface area (Å²) < 4.78 is 5.76. The third-order valence-corrected chi connectivity index (χ3v) is 8.38. The fourth-order valence-electron chi connectivity index (χ4n) is 5.12. The van der Waals surface area contributed by atoms with Crippen LogP contribution in [-0.4, -0.2) is 26.9 Å². The largest absolute Gasteiger partial charge is 0.383 e. The van der Waals surface area contributed by atoms with Gasteiger partial charge in [0, 0.05) is 34.3 Å². The lowest BCUT2D eigenvalue weighted by atomic mass is 9.77. The monoisotopic (exact) mass is 566 g/mol. The summed E-state index contributed by atoms with van der Waals surface area (Å²) in [6, 6.07) is 38.6. The van der Waals surface area contributed by atoms with Crippen molar-refractivity contribution in [2.45, 2.75) is 17.0 Å². The lowest BCUT2D eigenvalue weighted by Crippen LogP contribution is -2.37. The van der Waals surface area contributed by atoms with Crippen molar-refractivity contribution in [2.75, 3.05) is 18.4 Å². The van der Waals surface area contributed by atoms with Gasteiger partial charge in [-0.1, -0.05) is 107 Å². The number of fused-ring (bicyclic) bond motifs is 1. The van der Waals surface area contributed by atoms with E-state index in [0.717, 1.165) is 29.8 Å². The van der Waals surface area contributed by atoms with Crippen LogP contribution in [-0.2, 0) is 12.1 Å². The molecular formula is C31H27BrN4S. The van der Waals surface area contributed by atoms with E-state index in [1.54, 1.807) is 11.9 Å². The lowest BCUT2D eigenvalue weighted by Gasteiger charge is -2.37. The van der Waals surface area contributed by atoms with Crippen molar-refractivity contribution in [2.24, 2.45) is 0 Å². The number of nitrogens with one attached hydrogen (secondary N) is 1. The number of benzene rings is 4. The van der Waals surface area contributed by atoms with Crippen LogP contribution >= 0.6 is 27.9 Å². The molecule has 1 aliphatic heterocycles. The molecule has 1 aromatic heterocycles. The molecule has 0 unspecified atom stereocenters. The Balaban J connectivity index is 1.42. The number of anilines is 1. The van der Waals surface area contributed by atoms with Crippen LogP contribution < -0.4 is 5.32 Å². The van der Waals surface area contributed by atoms with E-state index < -0.39 is 5.54 Å². The Labute approximate surface area is 230 Å². The second-order valence-corrected chi connectivity index (χ2v) is 11.2. The maximum Gasteiger partial charge on any atom is 0.121 e. The average Bonchev–Trinajstić information content (AvgIpc) is 3.31. The van der Waals surface area contributed by atoms with Gasteiger partial charge in [0.25, 0.3) is 0 Å². The third kappa shape index (κ3) is 4.73. The zero-order valence-corrected chi connectivity index (χ0v) is 22.7. The summed E-state index contributed by atoms with van der Waals surface area (Å²) in [7, 11) is 0. The van der Waals surface area contributed by atoms with Gasteiger partial charge in [-0.3, -0.25) is 0 Å². The molecule has 1 aliphatic rings. The number of rotatable bonds is 6. The molecule has 1 N–H and O–H groups in total. The molecule has 0 saturated carbocycles. The molecule has 6 rings (SSSR count). The number of halogens is 1. The molecule has 4 nitrogen and oxygen atoms in total. The van der Waals surface area contributed by atoms with E-state index in [9.17, 15) is 0 Å². The van der Waals surface area contributed by atoms with E-state index in [-0.39, 0.29) is 0 Å². The third-order valence-electron chi connectivity index (χ3n) is 6.78. The topological polar surface area (TPSA) is 33.1 Å². The van der Waals surface area contributed by atoms with Crippen molar-refractivity contribution in [3.8, 4) is 0 Å². The van der Waals surface area contributed by atoms with Crippen LogP contribution in [0.15, 0.2) is 131 Å². The van der Waals surface area contributed by atoms with Crippen LogP contribution in [0.4, 0.5) is 5.69 Å². The first-order valence-electron chi connectivity index (χ1n) is 12.4. The second kappa shape index (κ2) is 10.6. The SMILES string of the molecule is Brc1ccc2c(c1)SN(Cc1cn(C(c3ccccc3)(c3ccccc3)c3ccccc3)cn1)CCN2. The van der Waals surface area contributed by atoms with E-state index in [1.165, 1.54) is 27.3 Å². The van der Waals surface area contributed by atoms with Crippen LogP contribution in [0, 0.1) is 0 Å². The van der Waals surface area contributed by atoms with E-state index >= 15 is 0 Å². The highest BCUT2D eigenvalue weighted by Crippen LogP contribution is 2.41. The first-order valence-corrected chi connectivity index (χ1v) is 14.0. The minimum Gasteiger partial charge on any atom is -0.383 e. The highest BCUT2D eigenvalue weighted by molar-refractivity contribution is 9.10. The molecular weight excluding hydrogens is 540 g/mol. The van der Waals surface area contributed by atoms with Crippen molar-refractivity contribution >= 4 is 33.6 Å². The van der Waals surface area contributed by atoms with Crippen LogP contribution in [0.5, 0.6) is 0 Å². The van der Waals surface area contributed by atoms with Crippen molar-refractivity contribution in [3.63, 3.8) is 0 Å². The maximum atomic E-state index is 4.94. The highest BCUT2D eigenvalue weighted by atomic mass is 79.9. The standard InChI is InChI=1S/C31H27BrN4S/c32-27-16-17-29-30(20-27)37-36(19-18-33-29)22-28-21-35(23-34-28)31(24-10-4-1-5-11-24,25-12-6-2-7-13-25)26-14-8-3-9-15-26/h1-17,20-21,23,33H,18-19,22H2. The molecule has 0 bridgehead atoms. The average molecular weight is 568 g/mol. The molecule has 0 atom stereocenters. The quantitative estimate of drug-likeness (QED) is 0.171. The van der Waals surface area contributed by atoms with Gasteiger partial charge in [-0.05, 0) is 46.8 Å². The minimum absolute atomic E-state index is 0.542. The van der Waals surface area contributed by atoms with E-state index in [1.807, 2.05) is 6.33 Å². The van der Waals surface area contributed by atoms with Crippen molar-refractivity contribution in [3.05, 3.63) is 149 Å². The van der Waals surface area contributed by atoms with Gasteiger partial charge >= 0.3 is 0 Å². The molecule has 0 radical (unpaired) electrons. The number of hydrogen-bond donors (Lipinski definition) is 1. The molecule has 0 spiro atoms. The summed E-state index contributed by atoms with van der Waals surface area (Å²) in [5, 5.41) is 3.55. The molecule has 2 heterocycles. The summed E-state index contributed by atoms with van der Waals surface area (Å²) in [5.74, 6) is 0. The molecule has 5 aromatic rings. The zero-order valence-electron chi connectivity index (χ0n) is 20.3. The van der Waals surface area contributed by atoms with Crippen LogP contribution in [0.3, 0.4) is 0 Å². The summed E-state index contributed by atoms with van der Waals surface area (Å²) in [5.41, 5.74) is 5.27. The van der Waals surface area contributed by atoms with Gasteiger partial charge in [-0.15, -0.1) is 0 Å². The molecule has 0 fully saturated rings. The normalized spacial score (nSPS) is 14.0. The van der Waals surface area contributed by atoms with Gasteiger partial charge in [-0.25, -0.2) is 9.29 Å². The second-order valence-electron chi connectivity index (χ2n) is 9.10.